The summed E-state index contributed by atoms with van der Waals surface area (Å²) < 4.78 is 26.8. The van der Waals surface area contributed by atoms with Crippen molar-refractivity contribution in [1.82, 2.24) is 4.31 Å². The molecule has 2 rings (SSSR count). The van der Waals surface area contributed by atoms with Crippen molar-refractivity contribution in [2.45, 2.75) is 24.3 Å². The van der Waals surface area contributed by atoms with Crippen molar-refractivity contribution >= 4 is 21.6 Å². The molecule has 0 saturated carbocycles. The third-order valence-corrected chi connectivity index (χ3v) is 5.68. The van der Waals surface area contributed by atoms with Gasteiger partial charge < -0.3 is 0 Å². The van der Waals surface area contributed by atoms with Gasteiger partial charge in [-0.15, -0.1) is 11.6 Å². The first kappa shape index (κ1) is 18.5. The van der Waals surface area contributed by atoms with E-state index in [1.165, 1.54) is 4.31 Å². The Labute approximate surface area is 148 Å². The Morgan fingerprint density at radius 3 is 2.25 bits per heavy atom. The van der Waals surface area contributed by atoms with E-state index >= 15 is 0 Å². The molecule has 0 heterocycles. The first-order chi connectivity index (χ1) is 11.6. The van der Waals surface area contributed by atoms with Crippen LogP contribution in [-0.2, 0) is 23.0 Å². The standard InChI is InChI=1S/C18H19ClN2O2S/c19-12-4-7-16-8-10-18(11-9-16)24(22,23)21(14-13-20)15-17-5-2-1-3-6-17/h1-3,5-6,8-11H,4,7,12,14-15H2. The molecule has 2 aromatic carbocycles. The predicted octanol–water partition coefficient (Wildman–Crippen LogP) is 3.57. The first-order valence-electron chi connectivity index (χ1n) is 7.64. The van der Waals surface area contributed by atoms with E-state index in [-0.39, 0.29) is 18.0 Å². The number of rotatable bonds is 8. The van der Waals surface area contributed by atoms with Crippen LogP contribution in [0.2, 0.25) is 0 Å². The highest BCUT2D eigenvalue weighted by Crippen LogP contribution is 2.19. The van der Waals surface area contributed by atoms with E-state index in [1.807, 2.05) is 36.4 Å². The molecular formula is C18H19ClN2O2S. The van der Waals surface area contributed by atoms with Crippen LogP contribution >= 0.6 is 11.6 Å². The van der Waals surface area contributed by atoms with Gasteiger partial charge in [0.2, 0.25) is 10.0 Å². The predicted molar refractivity (Wildman–Crippen MR) is 95.1 cm³/mol. The molecule has 0 amide bonds. The van der Waals surface area contributed by atoms with Gasteiger partial charge in [-0.2, -0.15) is 9.57 Å². The number of hydrogen-bond donors (Lipinski definition) is 0. The Morgan fingerprint density at radius 2 is 1.67 bits per heavy atom. The van der Waals surface area contributed by atoms with Gasteiger partial charge in [-0.05, 0) is 36.1 Å². The zero-order valence-corrected chi connectivity index (χ0v) is 14.8. The first-order valence-corrected chi connectivity index (χ1v) is 9.61. The summed E-state index contributed by atoms with van der Waals surface area (Å²) in [7, 11) is -3.71. The molecule has 0 aliphatic rings. The molecule has 4 nitrogen and oxygen atoms in total. The fourth-order valence-corrected chi connectivity index (χ4v) is 3.80. The van der Waals surface area contributed by atoms with Gasteiger partial charge in [0, 0.05) is 12.4 Å². The van der Waals surface area contributed by atoms with E-state index in [0.717, 1.165) is 24.0 Å². The molecule has 0 aromatic heterocycles. The van der Waals surface area contributed by atoms with E-state index in [9.17, 15) is 8.42 Å². The van der Waals surface area contributed by atoms with E-state index in [1.54, 1.807) is 24.3 Å². The van der Waals surface area contributed by atoms with Crippen LogP contribution in [0.3, 0.4) is 0 Å². The van der Waals surface area contributed by atoms with E-state index in [0.29, 0.717) is 5.88 Å². The molecule has 0 spiro atoms. The Hall–Kier alpha value is -1.87. The SMILES string of the molecule is N#CCN(Cc1ccccc1)S(=O)(=O)c1ccc(CCCCl)cc1. The van der Waals surface area contributed by atoms with Gasteiger partial charge in [0.15, 0.2) is 0 Å². The van der Waals surface area contributed by atoms with Gasteiger partial charge in [0.1, 0.15) is 6.54 Å². The zero-order valence-electron chi connectivity index (χ0n) is 13.2. The summed E-state index contributed by atoms with van der Waals surface area (Å²) in [5.74, 6) is 0.576. The van der Waals surface area contributed by atoms with Crippen LogP contribution in [0.15, 0.2) is 59.5 Å². The molecule has 0 fully saturated rings. The minimum atomic E-state index is -3.71. The van der Waals surface area contributed by atoms with Gasteiger partial charge in [0.05, 0.1) is 11.0 Å². The average molecular weight is 363 g/mol. The molecule has 24 heavy (non-hydrogen) atoms. The summed E-state index contributed by atoms with van der Waals surface area (Å²) in [5.41, 5.74) is 1.89. The van der Waals surface area contributed by atoms with E-state index in [2.05, 4.69) is 0 Å². The molecular weight excluding hydrogens is 344 g/mol. The fourth-order valence-electron chi connectivity index (χ4n) is 2.34. The Kier molecular flexibility index (Phi) is 6.80. The number of aryl methyl sites for hydroxylation is 1. The molecule has 0 bridgehead atoms. The molecule has 0 aliphatic heterocycles. The Bertz CT molecular complexity index is 784. The van der Waals surface area contributed by atoms with Crippen LogP contribution in [0.4, 0.5) is 0 Å². The van der Waals surface area contributed by atoms with Gasteiger partial charge >= 0.3 is 0 Å². The summed E-state index contributed by atoms with van der Waals surface area (Å²) in [5, 5.41) is 9.00. The molecule has 2 aromatic rings. The normalized spacial score (nSPS) is 11.4. The highest BCUT2D eigenvalue weighted by atomic mass is 35.5. The summed E-state index contributed by atoms with van der Waals surface area (Å²) in [6.45, 7) is -0.0179. The van der Waals surface area contributed by atoms with Crippen molar-refractivity contribution in [3.63, 3.8) is 0 Å². The molecule has 0 radical (unpaired) electrons. The maximum absolute atomic E-state index is 12.8. The zero-order chi connectivity index (χ0) is 17.4. The maximum atomic E-state index is 12.8. The van der Waals surface area contributed by atoms with Crippen molar-refractivity contribution in [3.8, 4) is 6.07 Å². The van der Waals surface area contributed by atoms with Gasteiger partial charge in [-0.1, -0.05) is 42.5 Å². The molecule has 0 aliphatic carbocycles. The summed E-state index contributed by atoms with van der Waals surface area (Å²) in [6.07, 6.45) is 1.66. The number of alkyl halides is 1. The number of hydrogen-bond acceptors (Lipinski definition) is 3. The third kappa shape index (κ3) is 4.81. The van der Waals surface area contributed by atoms with Crippen molar-refractivity contribution in [2.75, 3.05) is 12.4 Å². The van der Waals surface area contributed by atoms with Crippen molar-refractivity contribution in [3.05, 3.63) is 65.7 Å². The molecule has 0 unspecified atom stereocenters. The minimum absolute atomic E-state index is 0.171. The molecule has 126 valence electrons. The van der Waals surface area contributed by atoms with Crippen LogP contribution in [0.1, 0.15) is 17.5 Å². The average Bonchev–Trinajstić information content (AvgIpc) is 2.61. The third-order valence-electron chi connectivity index (χ3n) is 3.61. The highest BCUT2D eigenvalue weighted by Gasteiger charge is 2.24. The van der Waals surface area contributed by atoms with Gasteiger partial charge in [-0.25, -0.2) is 8.42 Å². The van der Waals surface area contributed by atoms with E-state index in [4.69, 9.17) is 16.9 Å². The maximum Gasteiger partial charge on any atom is 0.244 e. The van der Waals surface area contributed by atoms with E-state index < -0.39 is 10.0 Å². The second-order valence-corrected chi connectivity index (χ2v) is 7.67. The molecule has 0 N–H and O–H groups in total. The van der Waals surface area contributed by atoms with Crippen LogP contribution in [-0.4, -0.2) is 25.1 Å². The lowest BCUT2D eigenvalue weighted by Crippen LogP contribution is -2.31. The monoisotopic (exact) mass is 362 g/mol. The number of nitriles is 1. The number of halogens is 1. The fraction of sp³-hybridized carbons (Fsp3) is 0.278. The number of benzene rings is 2. The Morgan fingerprint density at radius 1 is 1.00 bits per heavy atom. The largest absolute Gasteiger partial charge is 0.244 e. The Balaban J connectivity index is 2.22. The molecule has 0 atom stereocenters. The summed E-state index contributed by atoms with van der Waals surface area (Å²) in [4.78, 5) is 0.198. The quantitative estimate of drug-likeness (QED) is 0.532. The number of nitrogens with zero attached hydrogens (tertiary/aromatic N) is 2. The molecule has 0 saturated heterocycles. The van der Waals surface area contributed by atoms with Crippen molar-refractivity contribution in [1.29, 1.82) is 5.26 Å². The van der Waals surface area contributed by atoms with Crippen LogP contribution in [0.5, 0.6) is 0 Å². The van der Waals surface area contributed by atoms with Crippen molar-refractivity contribution < 1.29 is 8.42 Å². The van der Waals surface area contributed by atoms with Crippen LogP contribution in [0, 0.1) is 11.3 Å². The van der Waals surface area contributed by atoms with Gasteiger partial charge in [-0.3, -0.25) is 0 Å². The van der Waals surface area contributed by atoms with Gasteiger partial charge in [0.25, 0.3) is 0 Å². The van der Waals surface area contributed by atoms with Crippen LogP contribution in [0.25, 0.3) is 0 Å². The lowest BCUT2D eigenvalue weighted by atomic mass is 10.1. The topological polar surface area (TPSA) is 61.2 Å². The smallest absolute Gasteiger partial charge is 0.207 e. The van der Waals surface area contributed by atoms with Crippen LogP contribution < -0.4 is 0 Å². The minimum Gasteiger partial charge on any atom is -0.207 e. The highest BCUT2D eigenvalue weighted by molar-refractivity contribution is 7.89. The summed E-state index contributed by atoms with van der Waals surface area (Å²) >= 11 is 5.68. The lowest BCUT2D eigenvalue weighted by molar-refractivity contribution is 0.441. The lowest BCUT2D eigenvalue weighted by Gasteiger charge is -2.19. The summed E-state index contributed by atoms with van der Waals surface area (Å²) in [6, 6.07) is 18.0. The molecule has 6 heteroatoms. The van der Waals surface area contributed by atoms with Crippen molar-refractivity contribution in [2.24, 2.45) is 0 Å². The second-order valence-electron chi connectivity index (χ2n) is 5.35. The second kappa shape index (κ2) is 8.84. The number of sulfonamides is 1.